The third-order valence-electron chi connectivity index (χ3n) is 2.71. The molecule has 1 aliphatic carbocycles. The van der Waals surface area contributed by atoms with Gasteiger partial charge in [-0.1, -0.05) is 11.6 Å². The van der Waals surface area contributed by atoms with E-state index in [1.165, 1.54) is 6.07 Å². The van der Waals surface area contributed by atoms with E-state index in [1.807, 2.05) is 6.92 Å². The molecule has 8 heteroatoms. The highest BCUT2D eigenvalue weighted by molar-refractivity contribution is 9.11. The molecule has 0 bridgehead atoms. The van der Waals surface area contributed by atoms with Crippen LogP contribution in [0.2, 0.25) is 5.02 Å². The zero-order valence-corrected chi connectivity index (χ0v) is 13.6. The molecule has 1 N–H and O–H groups in total. The molecule has 0 amide bonds. The largest absolute Gasteiger partial charge is 0.378 e. The van der Waals surface area contributed by atoms with Crippen molar-refractivity contribution < 1.29 is 13.2 Å². The van der Waals surface area contributed by atoms with Crippen LogP contribution in [0.3, 0.4) is 0 Å². The van der Waals surface area contributed by atoms with Crippen molar-refractivity contribution in [3.8, 4) is 0 Å². The van der Waals surface area contributed by atoms with Crippen molar-refractivity contribution >= 4 is 48.9 Å². The normalized spacial score (nSPS) is 23.9. The van der Waals surface area contributed by atoms with Gasteiger partial charge in [-0.3, -0.25) is 0 Å². The molecule has 1 aliphatic rings. The summed E-state index contributed by atoms with van der Waals surface area (Å²) in [4.78, 5) is 0. The first kappa shape index (κ1) is 14.7. The number of hydrogen-bond acceptors (Lipinski definition) is 4. The predicted molar refractivity (Wildman–Crippen MR) is 75.8 cm³/mol. The minimum Gasteiger partial charge on any atom is -0.378 e. The fourth-order valence-electron chi connectivity index (χ4n) is 1.77. The van der Waals surface area contributed by atoms with Crippen LogP contribution in [-0.4, -0.2) is 27.2 Å². The first-order valence-electron chi connectivity index (χ1n) is 5.51. The highest BCUT2D eigenvalue weighted by Gasteiger charge is 2.33. The van der Waals surface area contributed by atoms with Gasteiger partial charge in [-0.15, -0.1) is 11.3 Å². The second kappa shape index (κ2) is 5.76. The molecule has 4 nitrogen and oxygen atoms in total. The van der Waals surface area contributed by atoms with Crippen molar-refractivity contribution in [2.24, 2.45) is 0 Å². The minimum absolute atomic E-state index is 0.0359. The quantitative estimate of drug-likeness (QED) is 0.862. The van der Waals surface area contributed by atoms with Crippen molar-refractivity contribution in [3.63, 3.8) is 0 Å². The Morgan fingerprint density at radius 1 is 1.61 bits per heavy atom. The smallest absolute Gasteiger partial charge is 0.250 e. The molecule has 1 heterocycles. The van der Waals surface area contributed by atoms with E-state index >= 15 is 0 Å². The molecule has 1 fully saturated rings. The van der Waals surface area contributed by atoms with Gasteiger partial charge in [0.1, 0.15) is 4.21 Å². The van der Waals surface area contributed by atoms with Crippen molar-refractivity contribution in [2.45, 2.75) is 36.1 Å². The highest BCUT2D eigenvalue weighted by atomic mass is 79.9. The van der Waals surface area contributed by atoms with Crippen LogP contribution in [0.25, 0.3) is 0 Å². The Morgan fingerprint density at radius 2 is 2.28 bits per heavy atom. The molecule has 1 saturated carbocycles. The lowest BCUT2D eigenvalue weighted by molar-refractivity contribution is -0.00474. The lowest BCUT2D eigenvalue weighted by Crippen LogP contribution is -2.47. The van der Waals surface area contributed by atoms with Crippen molar-refractivity contribution in [1.29, 1.82) is 0 Å². The SMILES string of the molecule is CCOC1CC(NS(=O)(=O)c2cc(Cl)c(Br)s2)C1. The Kier molecular flexibility index (Phi) is 4.72. The third-order valence-corrected chi connectivity index (χ3v) is 7.18. The Morgan fingerprint density at radius 3 is 2.78 bits per heavy atom. The molecule has 0 saturated heterocycles. The highest BCUT2D eigenvalue weighted by Crippen LogP contribution is 2.35. The van der Waals surface area contributed by atoms with Crippen LogP contribution in [0.15, 0.2) is 14.1 Å². The van der Waals surface area contributed by atoms with Gasteiger partial charge in [-0.25, -0.2) is 13.1 Å². The topological polar surface area (TPSA) is 55.4 Å². The summed E-state index contributed by atoms with van der Waals surface area (Å²) >= 11 is 10.2. The van der Waals surface area contributed by atoms with E-state index < -0.39 is 10.0 Å². The number of hydrogen-bond donors (Lipinski definition) is 1. The standard InChI is InChI=1S/C10H13BrClNO3S2/c1-2-16-7-3-6(4-7)13-18(14,15)9-5-8(12)10(11)17-9/h5-7,13H,2-4H2,1H3. The molecule has 0 aromatic carbocycles. The van der Waals surface area contributed by atoms with E-state index in [9.17, 15) is 8.42 Å². The van der Waals surface area contributed by atoms with Crippen LogP contribution in [-0.2, 0) is 14.8 Å². The summed E-state index contributed by atoms with van der Waals surface area (Å²) in [7, 11) is -3.46. The molecule has 0 radical (unpaired) electrons. The van der Waals surface area contributed by atoms with E-state index in [0.717, 1.165) is 24.2 Å². The van der Waals surface area contributed by atoms with Gasteiger partial charge in [0.15, 0.2) is 0 Å². The first-order chi connectivity index (χ1) is 8.42. The van der Waals surface area contributed by atoms with Crippen molar-refractivity contribution in [1.82, 2.24) is 4.72 Å². The molecule has 0 unspecified atom stereocenters. The Balaban J connectivity index is 1.97. The summed E-state index contributed by atoms with van der Waals surface area (Å²) in [5.41, 5.74) is 0. The fraction of sp³-hybridized carbons (Fsp3) is 0.600. The molecular formula is C10H13BrClNO3S2. The van der Waals surface area contributed by atoms with Crippen LogP contribution in [0, 0.1) is 0 Å². The summed E-state index contributed by atoms with van der Waals surface area (Å²) in [6, 6.07) is 1.42. The Labute approximate surface area is 124 Å². The summed E-state index contributed by atoms with van der Waals surface area (Å²) in [5.74, 6) is 0. The summed E-state index contributed by atoms with van der Waals surface area (Å²) < 4.78 is 33.0. The lowest BCUT2D eigenvalue weighted by atomic mass is 9.90. The predicted octanol–water partition coefficient (Wildman–Crippen LogP) is 3.01. The van der Waals surface area contributed by atoms with E-state index in [2.05, 4.69) is 20.7 Å². The van der Waals surface area contributed by atoms with E-state index in [-0.39, 0.29) is 16.4 Å². The molecule has 2 rings (SSSR count). The molecule has 0 atom stereocenters. The number of sulfonamides is 1. The van der Waals surface area contributed by atoms with Crippen LogP contribution in [0.4, 0.5) is 0 Å². The summed E-state index contributed by atoms with van der Waals surface area (Å²) in [6.45, 7) is 2.60. The zero-order chi connectivity index (χ0) is 13.3. The molecule has 102 valence electrons. The third kappa shape index (κ3) is 3.26. The van der Waals surface area contributed by atoms with Crippen LogP contribution >= 0.6 is 38.9 Å². The van der Waals surface area contributed by atoms with Gasteiger partial charge >= 0.3 is 0 Å². The Bertz CT molecular complexity index is 506. The van der Waals surface area contributed by atoms with Gasteiger partial charge < -0.3 is 4.74 Å². The zero-order valence-electron chi connectivity index (χ0n) is 9.65. The molecule has 0 aliphatic heterocycles. The molecule has 0 spiro atoms. The van der Waals surface area contributed by atoms with Gasteiger partial charge in [-0.05, 0) is 41.8 Å². The lowest BCUT2D eigenvalue weighted by Gasteiger charge is -2.34. The van der Waals surface area contributed by atoms with E-state index in [1.54, 1.807) is 0 Å². The number of ether oxygens (including phenoxy) is 1. The maximum absolute atomic E-state index is 12.0. The second-order valence-corrected chi connectivity index (χ2v) is 8.77. The van der Waals surface area contributed by atoms with Gasteiger partial charge in [0.25, 0.3) is 0 Å². The van der Waals surface area contributed by atoms with Gasteiger partial charge in [-0.2, -0.15) is 0 Å². The maximum atomic E-state index is 12.0. The summed E-state index contributed by atoms with van der Waals surface area (Å²) in [6.07, 6.45) is 1.64. The fourth-order valence-corrected chi connectivity index (χ4v) is 5.45. The van der Waals surface area contributed by atoms with Crippen LogP contribution in [0.5, 0.6) is 0 Å². The second-order valence-electron chi connectivity index (χ2n) is 4.05. The van der Waals surface area contributed by atoms with Gasteiger partial charge in [0.05, 0.1) is 14.9 Å². The number of nitrogens with one attached hydrogen (secondary N) is 1. The Hall–Kier alpha value is 0.340. The number of thiophene rings is 1. The average Bonchev–Trinajstić information content (AvgIpc) is 2.57. The average molecular weight is 375 g/mol. The monoisotopic (exact) mass is 373 g/mol. The van der Waals surface area contributed by atoms with Gasteiger partial charge in [0.2, 0.25) is 10.0 Å². The maximum Gasteiger partial charge on any atom is 0.250 e. The molecule has 18 heavy (non-hydrogen) atoms. The van der Waals surface area contributed by atoms with Gasteiger partial charge in [0, 0.05) is 12.6 Å². The number of rotatable bonds is 5. The molecule has 1 aromatic rings. The van der Waals surface area contributed by atoms with Crippen LogP contribution in [0.1, 0.15) is 19.8 Å². The van der Waals surface area contributed by atoms with Crippen molar-refractivity contribution in [3.05, 3.63) is 14.9 Å². The number of halogens is 2. The van der Waals surface area contributed by atoms with Crippen LogP contribution < -0.4 is 4.72 Å². The van der Waals surface area contributed by atoms with E-state index in [0.29, 0.717) is 15.4 Å². The first-order valence-corrected chi connectivity index (χ1v) is 8.98. The van der Waals surface area contributed by atoms with Crippen molar-refractivity contribution in [2.75, 3.05) is 6.61 Å². The van der Waals surface area contributed by atoms with E-state index in [4.69, 9.17) is 16.3 Å². The summed E-state index contributed by atoms with van der Waals surface area (Å²) in [5, 5.41) is 0.418. The minimum atomic E-state index is -3.46. The molecular weight excluding hydrogens is 362 g/mol. The molecule has 1 aromatic heterocycles.